The third kappa shape index (κ3) is 10.9. The summed E-state index contributed by atoms with van der Waals surface area (Å²) in [6.07, 6.45) is -0.0328. The molecule has 7 nitrogen and oxygen atoms in total. The van der Waals surface area contributed by atoms with Crippen molar-refractivity contribution in [3.8, 4) is 5.75 Å². The monoisotopic (exact) mass is 500 g/mol. The number of carbonyl (C=O) groups excluding carboxylic acids is 1. The van der Waals surface area contributed by atoms with E-state index >= 15 is 0 Å². The lowest BCUT2D eigenvalue weighted by Gasteiger charge is -2.16. The molecule has 0 aromatic heterocycles. The van der Waals surface area contributed by atoms with Crippen LogP contribution in [0.25, 0.3) is 0 Å². The van der Waals surface area contributed by atoms with Crippen LogP contribution in [0, 0.1) is 0 Å². The Kier molecular flexibility index (Phi) is 13.5. The second kappa shape index (κ2) is 14.4. The van der Waals surface area contributed by atoms with Gasteiger partial charge < -0.3 is 25.8 Å². The maximum Gasteiger partial charge on any atom is 0.387 e. The minimum Gasteiger partial charge on any atom is -0.435 e. The molecule has 0 heterocycles. The van der Waals surface area contributed by atoms with Crippen molar-refractivity contribution < 1.29 is 23.4 Å². The molecular weight excluding hydrogens is 473 g/mol. The van der Waals surface area contributed by atoms with E-state index in [1.54, 1.807) is 0 Å². The number of amides is 1. The molecule has 1 atom stereocenters. The van der Waals surface area contributed by atoms with Gasteiger partial charge in [0.2, 0.25) is 5.91 Å². The highest BCUT2D eigenvalue weighted by Crippen LogP contribution is 2.18. The zero-order valence-corrected chi connectivity index (χ0v) is 17.7. The molecule has 0 saturated heterocycles. The Morgan fingerprint density at radius 3 is 2.41 bits per heavy atom. The summed E-state index contributed by atoms with van der Waals surface area (Å²) in [5.41, 5.74) is 0.538. The first-order valence-electron chi connectivity index (χ1n) is 8.48. The van der Waals surface area contributed by atoms with Crippen molar-refractivity contribution in [3.63, 3.8) is 0 Å². The Bertz CT molecular complexity index is 574. The van der Waals surface area contributed by atoms with Gasteiger partial charge in [0.1, 0.15) is 12.3 Å². The number of aliphatic hydroxyl groups excluding tert-OH is 1. The summed E-state index contributed by atoms with van der Waals surface area (Å²) >= 11 is 0. The van der Waals surface area contributed by atoms with E-state index in [0.29, 0.717) is 24.6 Å². The van der Waals surface area contributed by atoms with Crippen LogP contribution in [0.3, 0.4) is 0 Å². The predicted octanol–water partition coefficient (Wildman–Crippen LogP) is 2.02. The third-order valence-electron chi connectivity index (χ3n) is 3.25. The topological polar surface area (TPSA) is 95.0 Å². The maximum atomic E-state index is 12.1. The Balaban J connectivity index is 0.00000676. The molecule has 0 saturated carbocycles. The summed E-state index contributed by atoms with van der Waals surface area (Å²) in [7, 11) is 0. The van der Waals surface area contributed by atoms with Crippen molar-refractivity contribution in [2.24, 2.45) is 4.99 Å². The van der Waals surface area contributed by atoms with Gasteiger partial charge in [-0.15, -0.1) is 24.0 Å². The number of aliphatic imine (C=N–C) groups is 1. The van der Waals surface area contributed by atoms with Gasteiger partial charge in [0.05, 0.1) is 6.10 Å². The van der Waals surface area contributed by atoms with Crippen molar-refractivity contribution >= 4 is 35.8 Å². The summed E-state index contributed by atoms with van der Waals surface area (Å²) in [5.74, 6) is 0.243. The number of aliphatic hydroxyl groups is 1. The lowest BCUT2D eigenvalue weighted by atomic mass is 10.1. The van der Waals surface area contributed by atoms with Crippen molar-refractivity contribution in [2.45, 2.75) is 33.0 Å². The molecular formula is C17H27F2IN4O3. The molecule has 0 aliphatic rings. The highest BCUT2D eigenvalue weighted by atomic mass is 127. The van der Waals surface area contributed by atoms with Gasteiger partial charge in [-0.1, -0.05) is 19.1 Å². The molecule has 0 fully saturated rings. The molecule has 1 amide bonds. The Morgan fingerprint density at radius 2 is 1.85 bits per heavy atom. The van der Waals surface area contributed by atoms with Crippen molar-refractivity contribution in [1.82, 2.24) is 16.0 Å². The minimum atomic E-state index is -2.89. The fraction of sp³-hybridized carbons (Fsp3) is 0.529. The van der Waals surface area contributed by atoms with Crippen LogP contribution in [-0.4, -0.2) is 49.8 Å². The summed E-state index contributed by atoms with van der Waals surface area (Å²) < 4.78 is 28.5. The first kappa shape index (κ1) is 25.3. The normalized spacial score (nSPS) is 12.1. The minimum absolute atomic E-state index is 0. The van der Waals surface area contributed by atoms with Gasteiger partial charge in [-0.3, -0.25) is 4.79 Å². The summed E-state index contributed by atoms with van der Waals surface area (Å²) in [6, 6.07) is 5.74. The number of hydrogen-bond acceptors (Lipinski definition) is 4. The summed E-state index contributed by atoms with van der Waals surface area (Å²) in [5, 5.41) is 18.8. The van der Waals surface area contributed by atoms with Crippen LogP contribution in [-0.2, 0) is 4.79 Å². The molecule has 0 bridgehead atoms. The van der Waals surface area contributed by atoms with Crippen LogP contribution < -0.4 is 20.7 Å². The van der Waals surface area contributed by atoms with Crippen LogP contribution in [0.1, 0.15) is 31.9 Å². The highest BCUT2D eigenvalue weighted by molar-refractivity contribution is 14.0. The smallest absolute Gasteiger partial charge is 0.387 e. The predicted molar refractivity (Wildman–Crippen MR) is 111 cm³/mol. The van der Waals surface area contributed by atoms with Gasteiger partial charge in [-0.05, 0) is 31.0 Å². The summed E-state index contributed by atoms with van der Waals surface area (Å²) in [6.45, 7) is 2.26. The molecule has 0 aliphatic carbocycles. The maximum absolute atomic E-state index is 12.1. The SMILES string of the molecule is CCCNC(=O)CN=C(NCC)NCC(O)c1ccc(OC(F)F)cc1.I. The Labute approximate surface area is 175 Å². The molecule has 10 heteroatoms. The van der Waals surface area contributed by atoms with Crippen molar-refractivity contribution in [3.05, 3.63) is 29.8 Å². The third-order valence-corrected chi connectivity index (χ3v) is 3.25. The van der Waals surface area contributed by atoms with Crippen LogP contribution in [0.15, 0.2) is 29.3 Å². The Morgan fingerprint density at radius 1 is 1.19 bits per heavy atom. The van der Waals surface area contributed by atoms with Gasteiger partial charge >= 0.3 is 6.61 Å². The molecule has 0 radical (unpaired) electrons. The van der Waals surface area contributed by atoms with Gasteiger partial charge in [-0.25, -0.2) is 4.99 Å². The number of guanidine groups is 1. The van der Waals surface area contributed by atoms with Gasteiger partial charge in [-0.2, -0.15) is 8.78 Å². The lowest BCUT2D eigenvalue weighted by Crippen LogP contribution is -2.40. The molecule has 1 aromatic carbocycles. The number of hydrogen-bond donors (Lipinski definition) is 4. The van der Waals surface area contributed by atoms with E-state index in [2.05, 4.69) is 25.7 Å². The van der Waals surface area contributed by atoms with Gasteiger partial charge in [0.15, 0.2) is 5.96 Å². The van der Waals surface area contributed by atoms with E-state index in [1.165, 1.54) is 24.3 Å². The number of nitrogens with one attached hydrogen (secondary N) is 3. The molecule has 4 N–H and O–H groups in total. The lowest BCUT2D eigenvalue weighted by molar-refractivity contribution is -0.119. The fourth-order valence-electron chi connectivity index (χ4n) is 2.00. The molecule has 27 heavy (non-hydrogen) atoms. The van der Waals surface area contributed by atoms with E-state index in [0.717, 1.165) is 6.42 Å². The van der Waals surface area contributed by atoms with Crippen LogP contribution in [0.5, 0.6) is 5.75 Å². The molecule has 154 valence electrons. The number of nitrogens with zero attached hydrogens (tertiary/aromatic N) is 1. The van der Waals surface area contributed by atoms with E-state index in [1.807, 2.05) is 13.8 Å². The highest BCUT2D eigenvalue weighted by Gasteiger charge is 2.10. The molecule has 0 spiro atoms. The quantitative estimate of drug-likeness (QED) is 0.224. The van der Waals surface area contributed by atoms with Gasteiger partial charge in [0.25, 0.3) is 0 Å². The van der Waals surface area contributed by atoms with Gasteiger partial charge in [0, 0.05) is 19.6 Å². The van der Waals surface area contributed by atoms with E-state index in [9.17, 15) is 18.7 Å². The average Bonchev–Trinajstić information content (AvgIpc) is 2.62. The second-order valence-corrected chi connectivity index (χ2v) is 5.39. The number of rotatable bonds is 10. The number of ether oxygens (including phenoxy) is 1. The van der Waals surface area contributed by atoms with E-state index in [-0.39, 0.29) is 48.7 Å². The largest absolute Gasteiger partial charge is 0.435 e. The van der Waals surface area contributed by atoms with E-state index < -0.39 is 12.7 Å². The molecule has 1 rings (SSSR count). The zero-order chi connectivity index (χ0) is 19.4. The van der Waals surface area contributed by atoms with Crippen LogP contribution in [0.2, 0.25) is 0 Å². The number of alkyl halides is 2. The second-order valence-electron chi connectivity index (χ2n) is 5.39. The van der Waals surface area contributed by atoms with Crippen molar-refractivity contribution in [2.75, 3.05) is 26.2 Å². The molecule has 1 unspecified atom stereocenters. The van der Waals surface area contributed by atoms with Crippen LogP contribution >= 0.6 is 24.0 Å². The number of carbonyl (C=O) groups is 1. The number of halogens is 3. The fourth-order valence-corrected chi connectivity index (χ4v) is 2.00. The standard InChI is InChI=1S/C17H26F2N4O3.HI/c1-3-9-21-15(25)11-23-17(20-4-2)22-10-14(24)12-5-7-13(8-6-12)26-16(18)19;/h5-8,14,16,24H,3-4,9-11H2,1-2H3,(H,21,25)(H2,20,22,23);1H. The van der Waals surface area contributed by atoms with E-state index in [4.69, 9.17) is 0 Å². The average molecular weight is 500 g/mol. The van der Waals surface area contributed by atoms with Crippen molar-refractivity contribution in [1.29, 1.82) is 0 Å². The first-order chi connectivity index (χ1) is 12.5. The van der Waals surface area contributed by atoms with Crippen LogP contribution in [0.4, 0.5) is 8.78 Å². The first-order valence-corrected chi connectivity index (χ1v) is 8.48. The number of benzene rings is 1. The summed E-state index contributed by atoms with van der Waals surface area (Å²) in [4.78, 5) is 15.7. The molecule has 0 aliphatic heterocycles. The molecule has 1 aromatic rings. The Hall–Kier alpha value is -1.69. The zero-order valence-electron chi connectivity index (χ0n) is 15.4.